The van der Waals surface area contributed by atoms with Gasteiger partial charge in [0.05, 0.1) is 11.9 Å². The molecule has 0 radical (unpaired) electrons. The monoisotopic (exact) mass is 191 g/mol. The molecule has 0 bridgehead atoms. The van der Waals surface area contributed by atoms with Gasteiger partial charge in [0.1, 0.15) is 0 Å². The van der Waals surface area contributed by atoms with E-state index in [-0.39, 0.29) is 5.91 Å². The molecule has 0 rings (SSSR count). The Morgan fingerprint density at radius 1 is 1.50 bits per heavy atom. The van der Waals surface area contributed by atoms with Crippen molar-refractivity contribution >= 4 is 17.7 Å². The zero-order valence-corrected chi connectivity index (χ0v) is 8.65. The van der Waals surface area contributed by atoms with Crippen LogP contribution in [0.4, 0.5) is 0 Å². The van der Waals surface area contributed by atoms with Crippen LogP contribution in [0.5, 0.6) is 0 Å². The molecule has 0 aromatic carbocycles. The molecule has 12 heavy (non-hydrogen) atoms. The largest absolute Gasteiger partial charge is 0.392 e. The van der Waals surface area contributed by atoms with Gasteiger partial charge >= 0.3 is 0 Å². The first kappa shape index (κ1) is 11.8. The average molecular weight is 191 g/mol. The highest BCUT2D eigenvalue weighted by Crippen LogP contribution is 2.07. The summed E-state index contributed by atoms with van der Waals surface area (Å²) in [5, 5.41) is 12.0. The van der Waals surface area contributed by atoms with Crippen molar-refractivity contribution in [1.82, 2.24) is 5.32 Å². The van der Waals surface area contributed by atoms with Crippen molar-refractivity contribution in [3.05, 3.63) is 0 Å². The zero-order chi connectivity index (χ0) is 9.56. The first-order valence-corrected chi connectivity index (χ1v) is 5.13. The van der Waals surface area contributed by atoms with Crippen LogP contribution < -0.4 is 5.32 Å². The lowest BCUT2D eigenvalue weighted by Gasteiger charge is -2.07. The minimum absolute atomic E-state index is 0.00500. The number of rotatable bonds is 5. The summed E-state index contributed by atoms with van der Waals surface area (Å²) >= 11 is 1.60. The molecular formula is C8H17NO2S. The molecule has 3 nitrogen and oxygen atoms in total. The van der Waals surface area contributed by atoms with Crippen LogP contribution in [0.15, 0.2) is 0 Å². The number of hydrogen-bond donors (Lipinski definition) is 2. The lowest BCUT2D eigenvalue weighted by molar-refractivity contribution is -0.118. The van der Waals surface area contributed by atoms with E-state index in [1.807, 2.05) is 13.8 Å². The van der Waals surface area contributed by atoms with E-state index in [9.17, 15) is 4.79 Å². The van der Waals surface area contributed by atoms with Gasteiger partial charge in [0.25, 0.3) is 0 Å². The molecule has 1 atom stereocenters. The molecule has 4 heteroatoms. The average Bonchev–Trinajstić information content (AvgIpc) is 1.96. The maximum Gasteiger partial charge on any atom is 0.230 e. The third-order valence-corrected chi connectivity index (χ3v) is 2.24. The third kappa shape index (κ3) is 7.88. The predicted molar refractivity (Wildman–Crippen MR) is 52.3 cm³/mol. The number of carbonyl (C=O) groups excluding carboxylic acids is 1. The van der Waals surface area contributed by atoms with E-state index in [4.69, 9.17) is 5.11 Å². The Morgan fingerprint density at radius 3 is 2.50 bits per heavy atom. The fourth-order valence-electron chi connectivity index (χ4n) is 0.555. The van der Waals surface area contributed by atoms with Gasteiger partial charge in [-0.25, -0.2) is 0 Å². The highest BCUT2D eigenvalue weighted by atomic mass is 32.2. The van der Waals surface area contributed by atoms with Crippen LogP contribution in [-0.2, 0) is 4.79 Å². The number of aliphatic hydroxyl groups excluding tert-OH is 1. The van der Waals surface area contributed by atoms with Gasteiger partial charge in [-0.2, -0.15) is 0 Å². The Kier molecular flexibility index (Phi) is 6.20. The first-order chi connectivity index (χ1) is 5.52. The standard InChI is InChI=1S/C8H17NO2S/c1-6(2)12-5-8(11)9-4-7(3)10/h6-7,10H,4-5H2,1-3H3,(H,9,11)/t7-/m1/s1. The Balaban J connectivity index is 3.34. The van der Waals surface area contributed by atoms with Gasteiger partial charge in [-0.1, -0.05) is 13.8 Å². The quantitative estimate of drug-likeness (QED) is 0.670. The molecule has 0 aliphatic carbocycles. The SMILES string of the molecule is CC(C)SCC(=O)NC[C@@H](C)O. The molecular weight excluding hydrogens is 174 g/mol. The van der Waals surface area contributed by atoms with E-state index in [2.05, 4.69) is 5.32 Å². The topological polar surface area (TPSA) is 49.3 Å². The summed E-state index contributed by atoms with van der Waals surface area (Å²) in [7, 11) is 0. The molecule has 72 valence electrons. The van der Waals surface area contributed by atoms with Gasteiger partial charge in [-0.05, 0) is 12.2 Å². The number of nitrogens with one attached hydrogen (secondary N) is 1. The molecule has 2 N–H and O–H groups in total. The summed E-state index contributed by atoms with van der Waals surface area (Å²) in [6.07, 6.45) is -0.460. The van der Waals surface area contributed by atoms with Crippen LogP contribution in [0.3, 0.4) is 0 Å². The van der Waals surface area contributed by atoms with E-state index in [1.165, 1.54) is 0 Å². The number of amides is 1. The second-order valence-corrected chi connectivity index (χ2v) is 4.58. The molecule has 0 unspecified atom stereocenters. The minimum Gasteiger partial charge on any atom is -0.392 e. The summed E-state index contributed by atoms with van der Waals surface area (Å²) in [6, 6.07) is 0. The third-order valence-electron chi connectivity index (χ3n) is 1.14. The molecule has 0 aromatic rings. The van der Waals surface area contributed by atoms with E-state index >= 15 is 0 Å². The highest BCUT2D eigenvalue weighted by molar-refractivity contribution is 8.00. The zero-order valence-electron chi connectivity index (χ0n) is 7.83. The summed E-state index contributed by atoms with van der Waals surface area (Å²) in [5.41, 5.74) is 0. The van der Waals surface area contributed by atoms with Crippen LogP contribution >= 0.6 is 11.8 Å². The second-order valence-electron chi connectivity index (χ2n) is 3.01. The number of carbonyl (C=O) groups is 1. The number of hydrogen-bond acceptors (Lipinski definition) is 3. The van der Waals surface area contributed by atoms with Crippen LogP contribution in [-0.4, -0.2) is 34.7 Å². The maximum atomic E-state index is 11.0. The van der Waals surface area contributed by atoms with Crippen molar-refractivity contribution in [2.24, 2.45) is 0 Å². The van der Waals surface area contributed by atoms with Crippen molar-refractivity contribution in [3.63, 3.8) is 0 Å². The first-order valence-electron chi connectivity index (χ1n) is 4.08. The van der Waals surface area contributed by atoms with E-state index in [0.29, 0.717) is 17.5 Å². The van der Waals surface area contributed by atoms with Gasteiger partial charge < -0.3 is 10.4 Å². The van der Waals surface area contributed by atoms with Crippen molar-refractivity contribution in [2.75, 3.05) is 12.3 Å². The molecule has 0 saturated carbocycles. The summed E-state index contributed by atoms with van der Waals surface area (Å²) in [6.45, 7) is 6.09. The van der Waals surface area contributed by atoms with Gasteiger partial charge in [0.15, 0.2) is 0 Å². The van der Waals surface area contributed by atoms with Crippen molar-refractivity contribution < 1.29 is 9.90 Å². The fourth-order valence-corrected chi connectivity index (χ4v) is 1.14. The summed E-state index contributed by atoms with van der Waals surface area (Å²) < 4.78 is 0. The van der Waals surface area contributed by atoms with Gasteiger partial charge in [0, 0.05) is 6.54 Å². The Morgan fingerprint density at radius 2 is 2.08 bits per heavy atom. The van der Waals surface area contributed by atoms with Crippen molar-refractivity contribution in [3.8, 4) is 0 Å². The fraction of sp³-hybridized carbons (Fsp3) is 0.875. The Hall–Kier alpha value is -0.220. The molecule has 0 saturated heterocycles. The molecule has 0 heterocycles. The molecule has 0 spiro atoms. The van der Waals surface area contributed by atoms with Gasteiger partial charge in [0.2, 0.25) is 5.91 Å². The predicted octanol–water partition coefficient (Wildman–Crippen LogP) is 0.625. The summed E-state index contributed by atoms with van der Waals surface area (Å²) in [4.78, 5) is 11.0. The normalized spacial score (nSPS) is 13.1. The summed E-state index contributed by atoms with van der Waals surface area (Å²) in [5.74, 6) is 0.472. The smallest absolute Gasteiger partial charge is 0.230 e. The lowest BCUT2D eigenvalue weighted by atomic mass is 10.4. The molecule has 0 fully saturated rings. The number of thioether (sulfide) groups is 1. The molecule has 1 amide bonds. The molecule has 0 aliphatic rings. The Bertz CT molecular complexity index is 123. The van der Waals surface area contributed by atoms with E-state index in [1.54, 1.807) is 18.7 Å². The van der Waals surface area contributed by atoms with E-state index < -0.39 is 6.10 Å². The van der Waals surface area contributed by atoms with Gasteiger partial charge in [-0.3, -0.25) is 4.79 Å². The van der Waals surface area contributed by atoms with Crippen LogP contribution in [0, 0.1) is 0 Å². The highest BCUT2D eigenvalue weighted by Gasteiger charge is 2.03. The second kappa shape index (κ2) is 6.31. The molecule has 0 aromatic heterocycles. The van der Waals surface area contributed by atoms with Crippen molar-refractivity contribution in [1.29, 1.82) is 0 Å². The van der Waals surface area contributed by atoms with Crippen LogP contribution in [0.1, 0.15) is 20.8 Å². The maximum absolute atomic E-state index is 11.0. The van der Waals surface area contributed by atoms with E-state index in [0.717, 1.165) is 0 Å². The minimum atomic E-state index is -0.460. The molecule has 0 aliphatic heterocycles. The van der Waals surface area contributed by atoms with Crippen molar-refractivity contribution in [2.45, 2.75) is 32.1 Å². The lowest BCUT2D eigenvalue weighted by Crippen LogP contribution is -2.32. The van der Waals surface area contributed by atoms with Gasteiger partial charge in [-0.15, -0.1) is 11.8 Å². The Labute approximate surface area is 77.9 Å². The van der Waals surface area contributed by atoms with Crippen LogP contribution in [0.25, 0.3) is 0 Å². The van der Waals surface area contributed by atoms with Crippen LogP contribution in [0.2, 0.25) is 0 Å². The number of aliphatic hydroxyl groups is 1.